The van der Waals surface area contributed by atoms with Gasteiger partial charge in [0.2, 0.25) is 11.8 Å². The summed E-state index contributed by atoms with van der Waals surface area (Å²) in [6, 6.07) is 23.3. The lowest BCUT2D eigenvalue weighted by Gasteiger charge is -2.45. The summed E-state index contributed by atoms with van der Waals surface area (Å²) in [4.78, 5) is 42.0. The van der Waals surface area contributed by atoms with E-state index >= 15 is 0 Å². The predicted molar refractivity (Wildman–Crippen MR) is 134 cm³/mol. The molecule has 3 atom stereocenters. The maximum Gasteiger partial charge on any atom is 0.251 e. The summed E-state index contributed by atoms with van der Waals surface area (Å²) in [7, 11) is 0. The summed E-state index contributed by atoms with van der Waals surface area (Å²) in [6.45, 7) is 1.18. The van der Waals surface area contributed by atoms with E-state index in [1.807, 2.05) is 24.3 Å². The van der Waals surface area contributed by atoms with E-state index in [-0.39, 0.29) is 35.7 Å². The normalized spacial score (nSPS) is 27.6. The van der Waals surface area contributed by atoms with Crippen molar-refractivity contribution in [1.29, 1.82) is 0 Å². The van der Waals surface area contributed by atoms with Crippen molar-refractivity contribution in [1.82, 2.24) is 5.32 Å². The summed E-state index contributed by atoms with van der Waals surface area (Å²) in [5.41, 5.74) is 5.47. The quantitative estimate of drug-likeness (QED) is 0.576. The van der Waals surface area contributed by atoms with Gasteiger partial charge in [0.25, 0.3) is 5.91 Å². The van der Waals surface area contributed by atoms with Crippen LogP contribution in [0.4, 0.5) is 5.69 Å². The van der Waals surface area contributed by atoms with Gasteiger partial charge >= 0.3 is 0 Å². The second-order valence-corrected chi connectivity index (χ2v) is 10.2. The molecule has 0 unspecified atom stereocenters. The molecule has 2 bridgehead atoms. The van der Waals surface area contributed by atoms with Crippen molar-refractivity contribution >= 4 is 23.4 Å². The number of carbonyl (C=O) groups is 3. The van der Waals surface area contributed by atoms with E-state index in [2.05, 4.69) is 29.6 Å². The topological polar surface area (TPSA) is 75.7 Å². The molecule has 180 valence electrons. The van der Waals surface area contributed by atoms with Crippen LogP contribution in [0.25, 0.3) is 0 Å². The zero-order chi connectivity index (χ0) is 24.4. The molecular formula is C30H26N2O4. The lowest BCUT2D eigenvalue weighted by atomic mass is 9.55. The maximum absolute atomic E-state index is 13.9. The number of ether oxygens (including phenoxy) is 1. The summed E-state index contributed by atoms with van der Waals surface area (Å²) < 4.78 is 5.59. The van der Waals surface area contributed by atoms with Crippen LogP contribution in [0, 0.1) is 11.8 Å². The van der Waals surface area contributed by atoms with Crippen LogP contribution >= 0.6 is 0 Å². The van der Waals surface area contributed by atoms with Gasteiger partial charge in [-0.25, -0.2) is 4.90 Å². The van der Waals surface area contributed by atoms with Gasteiger partial charge in [0, 0.05) is 30.6 Å². The smallest absolute Gasteiger partial charge is 0.251 e. The Bertz CT molecular complexity index is 1290. The Morgan fingerprint density at radius 1 is 0.833 bits per heavy atom. The van der Waals surface area contributed by atoms with Gasteiger partial charge in [-0.15, -0.1) is 0 Å². The Balaban J connectivity index is 1.23. The van der Waals surface area contributed by atoms with Crippen molar-refractivity contribution < 1.29 is 19.1 Å². The first-order chi connectivity index (χ1) is 17.6. The standard InChI is InChI=1S/C30H26N2O4/c33-28(31-16-19-9-6-14-36-19)17-7-5-8-18(15-17)32-29(34)26-24-20-10-1-2-11-21(20)25(27(26)30(32)35)23-13-4-3-12-22(23)24/h1-5,7-8,10-13,15,19,24-27H,6,9,14,16H2,(H,31,33)/t19-,24?,25?,26-,27+/m0/s1. The molecule has 36 heavy (non-hydrogen) atoms. The molecule has 2 heterocycles. The minimum atomic E-state index is -0.440. The number of anilines is 1. The van der Waals surface area contributed by atoms with Gasteiger partial charge in [-0.1, -0.05) is 54.6 Å². The van der Waals surface area contributed by atoms with Gasteiger partial charge in [-0.3, -0.25) is 14.4 Å². The first kappa shape index (κ1) is 21.5. The molecule has 8 rings (SSSR count). The van der Waals surface area contributed by atoms with E-state index < -0.39 is 11.8 Å². The summed E-state index contributed by atoms with van der Waals surface area (Å²) >= 11 is 0. The van der Waals surface area contributed by atoms with Crippen molar-refractivity contribution in [2.24, 2.45) is 11.8 Å². The van der Waals surface area contributed by atoms with Gasteiger partial charge in [-0.05, 0) is 53.3 Å². The van der Waals surface area contributed by atoms with Crippen molar-refractivity contribution in [3.8, 4) is 0 Å². The average Bonchev–Trinajstić information content (AvgIpc) is 3.54. The first-order valence-corrected chi connectivity index (χ1v) is 12.7. The summed E-state index contributed by atoms with van der Waals surface area (Å²) in [6.07, 6.45) is 1.99. The minimum Gasteiger partial charge on any atom is -0.376 e. The van der Waals surface area contributed by atoms with Gasteiger partial charge in [0.05, 0.1) is 23.6 Å². The van der Waals surface area contributed by atoms with E-state index in [1.165, 1.54) is 4.90 Å². The number of hydrogen-bond acceptors (Lipinski definition) is 4. The highest BCUT2D eigenvalue weighted by Gasteiger charge is 2.61. The zero-order valence-corrected chi connectivity index (χ0v) is 19.7. The molecule has 2 fully saturated rings. The van der Waals surface area contributed by atoms with E-state index in [0.29, 0.717) is 17.8 Å². The average molecular weight is 479 g/mol. The number of carbonyl (C=O) groups excluding carboxylic acids is 3. The molecule has 2 aliphatic heterocycles. The number of imide groups is 1. The number of nitrogens with one attached hydrogen (secondary N) is 1. The van der Waals surface area contributed by atoms with Crippen LogP contribution in [0.3, 0.4) is 0 Å². The SMILES string of the molecule is O=C(NC[C@@H]1CCCO1)c1cccc(N2C(=O)[C@@H]3C4c5ccccc5C(c5ccccc54)[C@@H]3C2=O)c1. The van der Waals surface area contributed by atoms with E-state index in [0.717, 1.165) is 41.7 Å². The first-order valence-electron chi connectivity index (χ1n) is 12.7. The monoisotopic (exact) mass is 478 g/mol. The van der Waals surface area contributed by atoms with Crippen LogP contribution in [0.1, 0.15) is 57.3 Å². The van der Waals surface area contributed by atoms with E-state index in [1.54, 1.807) is 24.3 Å². The molecule has 3 amide bonds. The number of benzene rings is 3. The summed E-state index contributed by atoms with van der Waals surface area (Å²) in [5.74, 6) is -1.77. The molecule has 5 aliphatic rings. The van der Waals surface area contributed by atoms with Crippen LogP contribution in [-0.4, -0.2) is 37.0 Å². The molecule has 3 aromatic carbocycles. The molecule has 0 aromatic heterocycles. The third-order valence-corrected chi connectivity index (χ3v) is 8.33. The Kier molecular flexibility index (Phi) is 4.86. The molecule has 3 aliphatic carbocycles. The Labute approximate surface area is 209 Å². The highest BCUT2D eigenvalue weighted by Crippen LogP contribution is 2.61. The molecular weight excluding hydrogens is 452 g/mol. The molecule has 0 saturated carbocycles. The zero-order valence-electron chi connectivity index (χ0n) is 19.7. The largest absolute Gasteiger partial charge is 0.376 e. The molecule has 0 radical (unpaired) electrons. The number of hydrogen-bond donors (Lipinski definition) is 1. The van der Waals surface area contributed by atoms with Gasteiger partial charge in [0.15, 0.2) is 0 Å². The third-order valence-electron chi connectivity index (χ3n) is 8.33. The molecule has 1 N–H and O–H groups in total. The third kappa shape index (κ3) is 3.04. The van der Waals surface area contributed by atoms with Crippen molar-refractivity contribution in [3.63, 3.8) is 0 Å². The van der Waals surface area contributed by atoms with Crippen molar-refractivity contribution in [3.05, 3.63) is 101 Å². The highest BCUT2D eigenvalue weighted by atomic mass is 16.5. The van der Waals surface area contributed by atoms with Gasteiger partial charge in [-0.2, -0.15) is 0 Å². The fourth-order valence-corrected chi connectivity index (χ4v) is 6.83. The van der Waals surface area contributed by atoms with E-state index in [4.69, 9.17) is 4.74 Å². The molecule has 6 heteroatoms. The lowest BCUT2D eigenvalue weighted by molar-refractivity contribution is -0.122. The van der Waals surface area contributed by atoms with Gasteiger partial charge in [0.1, 0.15) is 0 Å². The highest BCUT2D eigenvalue weighted by molar-refractivity contribution is 6.23. The summed E-state index contributed by atoms with van der Waals surface area (Å²) in [5, 5.41) is 2.93. The fraction of sp³-hybridized carbons (Fsp3) is 0.300. The molecule has 3 aromatic rings. The van der Waals surface area contributed by atoms with Crippen molar-refractivity contribution in [2.45, 2.75) is 30.8 Å². The van der Waals surface area contributed by atoms with Crippen molar-refractivity contribution in [2.75, 3.05) is 18.1 Å². The molecule has 6 nitrogen and oxygen atoms in total. The number of rotatable bonds is 4. The lowest BCUT2D eigenvalue weighted by Crippen LogP contribution is -2.41. The van der Waals surface area contributed by atoms with Gasteiger partial charge < -0.3 is 10.1 Å². The predicted octanol–water partition coefficient (Wildman–Crippen LogP) is 3.99. The minimum absolute atomic E-state index is 0.0423. The Morgan fingerprint density at radius 3 is 1.94 bits per heavy atom. The number of amides is 3. The van der Waals surface area contributed by atoms with Crippen LogP contribution in [0.5, 0.6) is 0 Å². The van der Waals surface area contributed by atoms with Crippen LogP contribution < -0.4 is 10.2 Å². The second-order valence-electron chi connectivity index (χ2n) is 10.2. The molecule has 2 saturated heterocycles. The fourth-order valence-electron chi connectivity index (χ4n) is 6.83. The molecule has 0 spiro atoms. The Morgan fingerprint density at radius 2 is 1.42 bits per heavy atom. The Hall–Kier alpha value is -3.77. The van der Waals surface area contributed by atoms with Crippen LogP contribution in [0.2, 0.25) is 0 Å². The van der Waals surface area contributed by atoms with Crippen LogP contribution in [-0.2, 0) is 14.3 Å². The maximum atomic E-state index is 13.9. The van der Waals surface area contributed by atoms with Crippen LogP contribution in [0.15, 0.2) is 72.8 Å². The second kappa shape index (κ2) is 8.14. The van der Waals surface area contributed by atoms with E-state index in [9.17, 15) is 14.4 Å². The number of nitrogens with zero attached hydrogens (tertiary/aromatic N) is 1.